The van der Waals surface area contributed by atoms with Crippen molar-refractivity contribution >= 4 is 5.69 Å². The third-order valence-electron chi connectivity index (χ3n) is 1.34. The number of nitrogens with one attached hydrogen (secondary N) is 1. The molecule has 1 aromatic heterocycles. The van der Waals surface area contributed by atoms with Gasteiger partial charge in [-0.05, 0) is 12.1 Å². The van der Waals surface area contributed by atoms with E-state index in [1.165, 1.54) is 6.07 Å². The maximum Gasteiger partial charge on any atom is 0.433 e. The fourth-order valence-corrected chi connectivity index (χ4v) is 0.709. The van der Waals surface area contributed by atoms with E-state index in [-0.39, 0.29) is 0 Å². The third-order valence-corrected chi connectivity index (χ3v) is 1.34. The Morgan fingerprint density at radius 2 is 2.00 bits per heavy atom. The second-order valence-electron chi connectivity index (χ2n) is 2.18. The number of hydrogen-bond donors (Lipinski definition) is 1. The maximum atomic E-state index is 11.9. The molecule has 0 aliphatic carbocycles. The van der Waals surface area contributed by atoms with Crippen LogP contribution >= 0.6 is 0 Å². The van der Waals surface area contributed by atoms with Gasteiger partial charge in [0, 0.05) is 7.05 Å². The van der Waals surface area contributed by atoms with Crippen molar-refractivity contribution in [1.29, 1.82) is 0 Å². The van der Waals surface area contributed by atoms with Gasteiger partial charge < -0.3 is 5.32 Å². The molecular weight excluding hydrogens is 169 g/mol. The fraction of sp³-hybridized carbons (Fsp3) is 0.286. The van der Waals surface area contributed by atoms with E-state index in [9.17, 15) is 13.2 Å². The van der Waals surface area contributed by atoms with Gasteiger partial charge in [0.15, 0.2) is 0 Å². The van der Waals surface area contributed by atoms with Crippen LogP contribution in [0.1, 0.15) is 5.69 Å². The van der Waals surface area contributed by atoms with E-state index >= 15 is 0 Å². The zero-order valence-corrected chi connectivity index (χ0v) is 6.31. The minimum absolute atomic E-state index is 0.558. The SMILES string of the molecule is CNc1ccc(C(F)(F)F)nc1. The van der Waals surface area contributed by atoms with Gasteiger partial charge in [0.2, 0.25) is 0 Å². The fourth-order valence-electron chi connectivity index (χ4n) is 0.709. The molecule has 0 amide bonds. The number of nitrogens with zero attached hydrogens (tertiary/aromatic N) is 1. The van der Waals surface area contributed by atoms with E-state index in [0.717, 1.165) is 12.3 Å². The van der Waals surface area contributed by atoms with E-state index in [1.807, 2.05) is 0 Å². The van der Waals surface area contributed by atoms with E-state index in [4.69, 9.17) is 0 Å². The van der Waals surface area contributed by atoms with Crippen molar-refractivity contribution in [3.8, 4) is 0 Å². The van der Waals surface area contributed by atoms with Gasteiger partial charge in [0.25, 0.3) is 0 Å². The van der Waals surface area contributed by atoms with Crippen LogP contribution in [0.4, 0.5) is 18.9 Å². The molecule has 0 bridgehead atoms. The standard InChI is InChI=1S/C7H7F3N2/c1-11-5-2-3-6(12-4-5)7(8,9)10/h2-4,11H,1H3. The predicted octanol–water partition coefficient (Wildman–Crippen LogP) is 2.14. The van der Waals surface area contributed by atoms with Gasteiger partial charge in [0.1, 0.15) is 5.69 Å². The number of pyridine rings is 1. The Morgan fingerprint density at radius 1 is 1.33 bits per heavy atom. The van der Waals surface area contributed by atoms with Crippen LogP contribution in [0.5, 0.6) is 0 Å². The van der Waals surface area contributed by atoms with Gasteiger partial charge in [-0.1, -0.05) is 0 Å². The highest BCUT2D eigenvalue weighted by Gasteiger charge is 2.31. The molecule has 0 aliphatic rings. The number of rotatable bonds is 1. The summed E-state index contributed by atoms with van der Waals surface area (Å²) in [4.78, 5) is 3.23. The summed E-state index contributed by atoms with van der Waals surface area (Å²) in [5.74, 6) is 0. The van der Waals surface area contributed by atoms with Crippen molar-refractivity contribution in [3.05, 3.63) is 24.0 Å². The first-order chi connectivity index (χ1) is 5.54. The largest absolute Gasteiger partial charge is 0.433 e. The molecule has 1 heterocycles. The molecule has 1 N–H and O–H groups in total. The van der Waals surface area contributed by atoms with E-state index in [0.29, 0.717) is 5.69 Å². The molecule has 0 radical (unpaired) electrons. The molecule has 0 aromatic carbocycles. The van der Waals surface area contributed by atoms with Gasteiger partial charge in [-0.2, -0.15) is 13.2 Å². The summed E-state index contributed by atoms with van der Waals surface area (Å²) < 4.78 is 35.8. The van der Waals surface area contributed by atoms with Crippen LogP contribution in [-0.4, -0.2) is 12.0 Å². The van der Waals surface area contributed by atoms with E-state index < -0.39 is 11.9 Å². The first-order valence-electron chi connectivity index (χ1n) is 3.25. The highest BCUT2D eigenvalue weighted by atomic mass is 19.4. The average molecular weight is 176 g/mol. The van der Waals surface area contributed by atoms with Gasteiger partial charge in [0.05, 0.1) is 11.9 Å². The molecule has 0 spiro atoms. The van der Waals surface area contributed by atoms with Crippen LogP contribution in [-0.2, 0) is 6.18 Å². The molecule has 5 heteroatoms. The zero-order valence-electron chi connectivity index (χ0n) is 6.31. The Labute approximate surface area is 67.4 Å². The number of aromatic nitrogens is 1. The number of halogens is 3. The summed E-state index contributed by atoms with van der Waals surface area (Å²) in [6, 6.07) is 2.27. The predicted molar refractivity (Wildman–Crippen MR) is 38.8 cm³/mol. The van der Waals surface area contributed by atoms with Crippen molar-refractivity contribution < 1.29 is 13.2 Å². The topological polar surface area (TPSA) is 24.9 Å². The molecule has 0 aliphatic heterocycles. The Morgan fingerprint density at radius 3 is 2.33 bits per heavy atom. The quantitative estimate of drug-likeness (QED) is 0.709. The smallest absolute Gasteiger partial charge is 0.387 e. The minimum atomic E-state index is -4.35. The summed E-state index contributed by atoms with van der Waals surface area (Å²) in [5.41, 5.74) is -0.315. The van der Waals surface area contributed by atoms with E-state index in [2.05, 4.69) is 10.3 Å². The Kier molecular flexibility index (Phi) is 2.21. The highest BCUT2D eigenvalue weighted by Crippen LogP contribution is 2.27. The molecule has 1 aromatic rings. The van der Waals surface area contributed by atoms with Gasteiger partial charge in [-0.15, -0.1) is 0 Å². The molecule has 0 saturated carbocycles. The highest BCUT2D eigenvalue weighted by molar-refractivity contribution is 5.40. The normalized spacial score (nSPS) is 11.3. The van der Waals surface area contributed by atoms with Crippen LogP contribution in [0.3, 0.4) is 0 Å². The molecular formula is C7H7F3N2. The Bertz CT molecular complexity index is 252. The summed E-state index contributed by atoms with van der Waals surface area (Å²) >= 11 is 0. The van der Waals surface area contributed by atoms with Crippen molar-refractivity contribution in [2.75, 3.05) is 12.4 Å². The number of alkyl halides is 3. The van der Waals surface area contributed by atoms with Crippen LogP contribution in [0.2, 0.25) is 0 Å². The number of hydrogen-bond acceptors (Lipinski definition) is 2. The van der Waals surface area contributed by atoms with Gasteiger partial charge in [-0.3, -0.25) is 0 Å². The summed E-state index contributed by atoms with van der Waals surface area (Å²) in [6.07, 6.45) is -3.21. The average Bonchev–Trinajstić information content (AvgIpc) is 2.03. The first kappa shape index (κ1) is 8.83. The van der Waals surface area contributed by atoms with Crippen LogP contribution < -0.4 is 5.32 Å². The third kappa shape index (κ3) is 1.87. The van der Waals surface area contributed by atoms with Crippen molar-refractivity contribution in [3.63, 3.8) is 0 Å². The Hall–Kier alpha value is -1.26. The molecule has 12 heavy (non-hydrogen) atoms. The van der Waals surface area contributed by atoms with Crippen LogP contribution in [0.25, 0.3) is 0 Å². The lowest BCUT2D eigenvalue weighted by Crippen LogP contribution is -2.07. The lowest BCUT2D eigenvalue weighted by atomic mass is 10.3. The lowest BCUT2D eigenvalue weighted by Gasteiger charge is -2.05. The van der Waals surface area contributed by atoms with Crippen LogP contribution in [0, 0.1) is 0 Å². The second-order valence-corrected chi connectivity index (χ2v) is 2.18. The lowest BCUT2D eigenvalue weighted by molar-refractivity contribution is -0.141. The van der Waals surface area contributed by atoms with Crippen molar-refractivity contribution in [2.45, 2.75) is 6.18 Å². The molecule has 66 valence electrons. The summed E-state index contributed by atoms with van der Waals surface area (Å²) in [6.45, 7) is 0. The van der Waals surface area contributed by atoms with Gasteiger partial charge >= 0.3 is 6.18 Å². The minimum Gasteiger partial charge on any atom is -0.387 e. The first-order valence-corrected chi connectivity index (χ1v) is 3.25. The van der Waals surface area contributed by atoms with E-state index in [1.54, 1.807) is 7.05 Å². The molecule has 0 unspecified atom stereocenters. The van der Waals surface area contributed by atoms with Crippen molar-refractivity contribution in [1.82, 2.24) is 4.98 Å². The summed E-state index contributed by atoms with van der Waals surface area (Å²) in [7, 11) is 1.62. The van der Waals surface area contributed by atoms with Crippen LogP contribution in [0.15, 0.2) is 18.3 Å². The molecule has 1 rings (SSSR count). The maximum absolute atomic E-state index is 11.9. The molecule has 0 atom stereocenters. The Balaban J connectivity index is 2.93. The zero-order chi connectivity index (χ0) is 9.19. The monoisotopic (exact) mass is 176 g/mol. The molecule has 0 saturated heterocycles. The molecule has 2 nitrogen and oxygen atoms in total. The molecule has 0 fully saturated rings. The summed E-state index contributed by atoms with van der Waals surface area (Å²) in [5, 5.41) is 2.68. The van der Waals surface area contributed by atoms with Gasteiger partial charge in [-0.25, -0.2) is 4.98 Å². The number of anilines is 1. The second kappa shape index (κ2) is 3.00. The van der Waals surface area contributed by atoms with Crippen molar-refractivity contribution in [2.24, 2.45) is 0 Å².